The number of alkyl halides is 2. The highest BCUT2D eigenvalue weighted by Crippen LogP contribution is 2.35. The second-order valence-corrected chi connectivity index (χ2v) is 10.6. The molecule has 0 N–H and O–H groups in total. The smallest absolute Gasteiger partial charge is 0.0833 e. The molecule has 0 bridgehead atoms. The molecule has 0 aliphatic carbocycles. The van der Waals surface area contributed by atoms with Crippen molar-refractivity contribution in [2.75, 3.05) is 0 Å². The van der Waals surface area contributed by atoms with Gasteiger partial charge in [-0.1, -0.05) is 120 Å². The first-order chi connectivity index (χ1) is 13.1. The molecular formula is C24H32I2O. The van der Waals surface area contributed by atoms with Gasteiger partial charge < -0.3 is 4.74 Å². The first-order valence-electron chi connectivity index (χ1n) is 10.2. The molecule has 3 heteroatoms. The van der Waals surface area contributed by atoms with Crippen molar-refractivity contribution < 1.29 is 4.74 Å². The predicted molar refractivity (Wildman–Crippen MR) is 134 cm³/mol. The number of rotatable bonds is 12. The van der Waals surface area contributed by atoms with Crippen molar-refractivity contribution in [2.45, 2.75) is 72.4 Å². The fraction of sp³-hybridized carbons (Fsp3) is 0.500. The molecule has 0 spiro atoms. The molecule has 4 unspecified atom stereocenters. The van der Waals surface area contributed by atoms with E-state index in [0.29, 0.717) is 7.85 Å². The molecule has 0 heterocycles. The minimum Gasteiger partial charge on any atom is -0.366 e. The van der Waals surface area contributed by atoms with Gasteiger partial charge in [-0.2, -0.15) is 0 Å². The Labute approximate surface area is 193 Å². The highest BCUT2D eigenvalue weighted by atomic mass is 127. The van der Waals surface area contributed by atoms with E-state index in [4.69, 9.17) is 4.74 Å². The Hall–Kier alpha value is -0.140. The van der Waals surface area contributed by atoms with Crippen LogP contribution in [0, 0.1) is 0 Å². The maximum Gasteiger partial charge on any atom is 0.0833 e. The van der Waals surface area contributed by atoms with Crippen molar-refractivity contribution in [2.24, 2.45) is 0 Å². The zero-order chi connectivity index (χ0) is 19.5. The fourth-order valence-electron chi connectivity index (χ4n) is 3.23. The molecule has 27 heavy (non-hydrogen) atoms. The van der Waals surface area contributed by atoms with Gasteiger partial charge in [-0.05, 0) is 49.7 Å². The molecule has 0 radical (unpaired) electrons. The summed E-state index contributed by atoms with van der Waals surface area (Å²) in [5.41, 5.74) is 2.61. The molecule has 1 nitrogen and oxygen atoms in total. The molecule has 0 aliphatic rings. The van der Waals surface area contributed by atoms with E-state index in [1.54, 1.807) is 0 Å². The van der Waals surface area contributed by atoms with E-state index in [9.17, 15) is 0 Å². The molecule has 2 rings (SSSR count). The van der Waals surface area contributed by atoms with E-state index >= 15 is 0 Å². The summed E-state index contributed by atoms with van der Waals surface area (Å²) < 4.78 is 8.23. The lowest BCUT2D eigenvalue weighted by molar-refractivity contribution is -0.0256. The maximum atomic E-state index is 6.81. The van der Waals surface area contributed by atoms with Crippen LogP contribution >= 0.6 is 45.2 Å². The molecule has 0 saturated heterocycles. The SMILES string of the molecule is CCC(I)CCC(OC(CCC(I)CC)c1ccccc1)c1ccccc1. The predicted octanol–water partition coefficient (Wildman–Crippen LogP) is 8.47. The van der Waals surface area contributed by atoms with E-state index in [2.05, 4.69) is 120 Å². The Morgan fingerprint density at radius 1 is 0.630 bits per heavy atom. The molecule has 0 aliphatic heterocycles. The first-order valence-corrected chi connectivity index (χ1v) is 12.7. The van der Waals surface area contributed by atoms with Crippen LogP contribution in [0.1, 0.15) is 75.7 Å². The number of hydrogen-bond donors (Lipinski definition) is 0. The van der Waals surface area contributed by atoms with Crippen LogP contribution in [0.2, 0.25) is 0 Å². The highest BCUT2D eigenvalue weighted by Gasteiger charge is 2.21. The maximum absolute atomic E-state index is 6.81. The fourth-order valence-corrected chi connectivity index (χ4v) is 3.95. The van der Waals surface area contributed by atoms with Gasteiger partial charge in [-0.25, -0.2) is 0 Å². The summed E-state index contributed by atoms with van der Waals surface area (Å²) in [6.07, 6.45) is 7.31. The van der Waals surface area contributed by atoms with Crippen molar-refractivity contribution in [3.05, 3.63) is 71.8 Å². The van der Waals surface area contributed by atoms with Gasteiger partial charge in [0.2, 0.25) is 0 Å². The minimum absolute atomic E-state index is 0.162. The summed E-state index contributed by atoms with van der Waals surface area (Å²) in [5.74, 6) is 0. The normalized spacial score (nSPS) is 15.9. The van der Waals surface area contributed by atoms with Gasteiger partial charge >= 0.3 is 0 Å². The third-order valence-electron chi connectivity index (χ3n) is 5.04. The van der Waals surface area contributed by atoms with Crippen LogP contribution in [0.5, 0.6) is 0 Å². The Kier molecular flexibility index (Phi) is 11.3. The van der Waals surface area contributed by atoms with Crippen molar-refractivity contribution in [1.29, 1.82) is 0 Å². The van der Waals surface area contributed by atoms with Gasteiger partial charge in [0.15, 0.2) is 0 Å². The summed E-state index contributed by atoms with van der Waals surface area (Å²) in [6.45, 7) is 4.54. The second-order valence-electron chi connectivity index (χ2n) is 7.10. The van der Waals surface area contributed by atoms with Crippen molar-refractivity contribution in [1.82, 2.24) is 0 Å². The quantitative estimate of drug-likeness (QED) is 0.178. The Bertz CT molecular complexity index is 561. The van der Waals surface area contributed by atoms with Crippen LogP contribution < -0.4 is 0 Å². The van der Waals surface area contributed by atoms with Gasteiger partial charge in [0, 0.05) is 7.85 Å². The molecular weight excluding hydrogens is 558 g/mol. The van der Waals surface area contributed by atoms with Gasteiger partial charge in [-0.3, -0.25) is 0 Å². The average molecular weight is 590 g/mol. The van der Waals surface area contributed by atoms with E-state index < -0.39 is 0 Å². The lowest BCUT2D eigenvalue weighted by Crippen LogP contribution is -2.14. The average Bonchev–Trinajstić information content (AvgIpc) is 2.73. The summed E-state index contributed by atoms with van der Waals surface area (Å²) in [4.78, 5) is 0. The zero-order valence-corrected chi connectivity index (χ0v) is 20.8. The summed E-state index contributed by atoms with van der Waals surface area (Å²) in [6, 6.07) is 21.6. The first kappa shape index (κ1) is 23.1. The van der Waals surface area contributed by atoms with Crippen LogP contribution in [0.15, 0.2) is 60.7 Å². The van der Waals surface area contributed by atoms with Gasteiger partial charge in [0.05, 0.1) is 12.2 Å². The summed E-state index contributed by atoms with van der Waals surface area (Å²) in [7, 11) is 0. The van der Waals surface area contributed by atoms with Crippen molar-refractivity contribution >= 4 is 45.2 Å². The van der Waals surface area contributed by atoms with Crippen LogP contribution in [0.3, 0.4) is 0 Å². The van der Waals surface area contributed by atoms with E-state index in [1.807, 2.05) is 0 Å². The molecule has 4 atom stereocenters. The number of ether oxygens (including phenoxy) is 1. The lowest BCUT2D eigenvalue weighted by Gasteiger charge is -2.27. The molecule has 0 fully saturated rings. The molecule has 0 saturated carbocycles. The molecule has 0 aromatic heterocycles. The third kappa shape index (κ3) is 8.40. The Morgan fingerprint density at radius 3 is 1.33 bits per heavy atom. The van der Waals surface area contributed by atoms with Crippen LogP contribution in [-0.2, 0) is 4.74 Å². The topological polar surface area (TPSA) is 9.23 Å². The zero-order valence-electron chi connectivity index (χ0n) is 16.5. The largest absolute Gasteiger partial charge is 0.366 e. The summed E-state index contributed by atoms with van der Waals surface area (Å²) >= 11 is 5.15. The van der Waals surface area contributed by atoms with Gasteiger partial charge in [-0.15, -0.1) is 0 Å². The molecule has 0 amide bonds. The number of benzene rings is 2. The molecule has 2 aromatic rings. The third-order valence-corrected chi connectivity index (χ3v) is 8.05. The highest BCUT2D eigenvalue weighted by molar-refractivity contribution is 14.1. The van der Waals surface area contributed by atoms with Crippen LogP contribution in [0.4, 0.5) is 0 Å². The van der Waals surface area contributed by atoms with Crippen molar-refractivity contribution in [3.8, 4) is 0 Å². The lowest BCUT2D eigenvalue weighted by atomic mass is 9.99. The standard InChI is InChI=1S/C24H32I2O/c1-3-21(25)15-17-23(19-11-7-5-8-12-19)27-24(18-16-22(26)4-2)20-13-9-6-10-14-20/h5-14,21-24H,3-4,15-18H2,1-2H3. The van der Waals surface area contributed by atoms with Gasteiger partial charge in [0.25, 0.3) is 0 Å². The van der Waals surface area contributed by atoms with Crippen LogP contribution in [-0.4, -0.2) is 7.85 Å². The number of halogens is 2. The monoisotopic (exact) mass is 590 g/mol. The van der Waals surface area contributed by atoms with Gasteiger partial charge in [0.1, 0.15) is 0 Å². The Balaban J connectivity index is 2.17. The minimum atomic E-state index is 0.162. The Morgan fingerprint density at radius 2 is 1.00 bits per heavy atom. The molecule has 148 valence electrons. The van der Waals surface area contributed by atoms with E-state index in [0.717, 1.165) is 12.8 Å². The number of hydrogen-bond acceptors (Lipinski definition) is 1. The molecule has 2 aromatic carbocycles. The van der Waals surface area contributed by atoms with Crippen LogP contribution in [0.25, 0.3) is 0 Å². The van der Waals surface area contributed by atoms with Crippen molar-refractivity contribution in [3.63, 3.8) is 0 Å². The van der Waals surface area contributed by atoms with E-state index in [-0.39, 0.29) is 12.2 Å². The van der Waals surface area contributed by atoms with E-state index in [1.165, 1.54) is 36.8 Å². The second kappa shape index (κ2) is 13.2. The summed E-state index contributed by atoms with van der Waals surface area (Å²) in [5, 5.41) is 0.